The van der Waals surface area contributed by atoms with Gasteiger partial charge in [0.1, 0.15) is 0 Å². The van der Waals surface area contributed by atoms with Crippen LogP contribution in [0.15, 0.2) is 0 Å². The Bertz CT molecular complexity index is 176. The van der Waals surface area contributed by atoms with E-state index in [1.807, 2.05) is 0 Å². The molecule has 0 saturated heterocycles. The fraction of sp³-hybridized carbons (Fsp3) is 0.500. The molecule has 0 aromatic rings. The van der Waals surface area contributed by atoms with E-state index < -0.39 is 22.4 Å². The van der Waals surface area contributed by atoms with Crippen LogP contribution in [0.1, 0.15) is 0 Å². The van der Waals surface area contributed by atoms with Crippen molar-refractivity contribution >= 4 is 46.7 Å². The summed E-state index contributed by atoms with van der Waals surface area (Å²) >= 11 is 14.9. The Morgan fingerprint density at radius 3 is 2.09 bits per heavy atom. The Labute approximate surface area is 76.3 Å². The molecule has 64 valence electrons. The number of rotatable bonds is 1. The number of carbonyl (C=O) groups is 2. The lowest BCUT2D eigenvalue weighted by molar-refractivity contribution is -0.159. The highest BCUT2D eigenvalue weighted by Crippen LogP contribution is 2.27. The predicted molar refractivity (Wildman–Crippen MR) is 37.4 cm³/mol. The lowest BCUT2D eigenvalue weighted by atomic mass is 10.7. The average molecular weight is 223 g/mol. The van der Waals surface area contributed by atoms with Crippen molar-refractivity contribution in [2.24, 2.45) is 0 Å². The van der Waals surface area contributed by atoms with E-state index in [4.69, 9.17) is 34.8 Å². The van der Waals surface area contributed by atoms with Crippen molar-refractivity contribution in [2.45, 2.75) is 3.79 Å². The molecule has 0 saturated carbocycles. The normalized spacial score (nSPS) is 10.9. The first-order valence-corrected chi connectivity index (χ1v) is 3.39. The van der Waals surface area contributed by atoms with Gasteiger partial charge in [-0.3, -0.25) is 0 Å². The minimum Gasteiger partial charge on any atom is -0.388 e. The van der Waals surface area contributed by atoms with Crippen LogP contribution >= 0.6 is 34.8 Å². The van der Waals surface area contributed by atoms with Crippen LogP contribution in [0.3, 0.4) is 0 Å². The summed E-state index contributed by atoms with van der Waals surface area (Å²) in [5, 5.41) is 0. The van der Waals surface area contributed by atoms with Crippen LogP contribution < -0.4 is 0 Å². The topological polar surface area (TPSA) is 43.4 Å². The molecule has 0 aliphatic carbocycles. The monoisotopic (exact) mass is 222 g/mol. The van der Waals surface area contributed by atoms with Crippen molar-refractivity contribution in [1.29, 1.82) is 0 Å². The van der Waals surface area contributed by atoms with Gasteiger partial charge < -0.3 is 4.74 Å². The molecule has 0 heterocycles. The highest BCUT2D eigenvalue weighted by atomic mass is 35.6. The summed E-state index contributed by atoms with van der Waals surface area (Å²) in [6.07, 6.45) is 0. The second-order valence-electron chi connectivity index (χ2n) is 1.39. The minimum absolute atomic E-state index is 1.39. The summed E-state index contributed by atoms with van der Waals surface area (Å²) in [7, 11) is 0. The quantitative estimate of drug-likeness (QED) is 0.383. The van der Waals surface area contributed by atoms with Gasteiger partial charge in [-0.2, -0.15) is 0 Å². The summed E-state index contributed by atoms with van der Waals surface area (Å²) < 4.78 is 12.8. The molecular formula is C4H2Cl3FO3. The van der Waals surface area contributed by atoms with Gasteiger partial charge in [0, 0.05) is 0 Å². The molecule has 0 spiro atoms. The highest BCUT2D eigenvalue weighted by Gasteiger charge is 2.34. The molecule has 11 heavy (non-hydrogen) atoms. The first kappa shape index (κ1) is 10.9. The average Bonchev–Trinajstić information content (AvgIpc) is 1.85. The summed E-state index contributed by atoms with van der Waals surface area (Å²) in [4.78, 5) is 20.5. The molecule has 3 nitrogen and oxygen atoms in total. The maximum absolute atomic E-state index is 11.4. The number of hydrogen-bond donors (Lipinski definition) is 0. The van der Waals surface area contributed by atoms with E-state index in [2.05, 4.69) is 4.74 Å². The Kier molecular flexibility index (Phi) is 4.07. The molecule has 0 rings (SSSR count). The van der Waals surface area contributed by atoms with Crippen LogP contribution in [-0.2, 0) is 14.3 Å². The molecular weight excluding hydrogens is 221 g/mol. The third kappa shape index (κ3) is 4.40. The fourth-order valence-electron chi connectivity index (χ4n) is 0.189. The first-order valence-electron chi connectivity index (χ1n) is 2.25. The van der Waals surface area contributed by atoms with Crippen LogP contribution in [0.2, 0.25) is 0 Å². The van der Waals surface area contributed by atoms with Crippen molar-refractivity contribution in [1.82, 2.24) is 0 Å². The minimum atomic E-state index is -2.34. The third-order valence-corrected chi connectivity index (χ3v) is 1.01. The van der Waals surface area contributed by atoms with Crippen LogP contribution in [0.25, 0.3) is 0 Å². The van der Waals surface area contributed by atoms with Gasteiger partial charge in [0.15, 0.2) is 6.67 Å². The van der Waals surface area contributed by atoms with Crippen molar-refractivity contribution < 1.29 is 18.7 Å². The molecule has 0 amide bonds. The number of halogens is 4. The molecule has 0 unspecified atom stereocenters. The molecule has 0 N–H and O–H groups in total. The van der Waals surface area contributed by atoms with Gasteiger partial charge >= 0.3 is 11.9 Å². The van der Waals surface area contributed by atoms with E-state index in [-0.39, 0.29) is 0 Å². The van der Waals surface area contributed by atoms with Gasteiger partial charge in [0.05, 0.1) is 0 Å². The Hall–Kier alpha value is -0.0600. The number of carbonyl (C=O) groups excluding carboxylic acids is 2. The fourth-order valence-corrected chi connectivity index (χ4v) is 0.304. The van der Waals surface area contributed by atoms with Gasteiger partial charge in [0.25, 0.3) is 3.79 Å². The van der Waals surface area contributed by atoms with Crippen LogP contribution in [0.4, 0.5) is 4.39 Å². The molecule has 0 radical (unpaired) electrons. The number of hydrogen-bond acceptors (Lipinski definition) is 3. The molecule has 0 aliphatic rings. The highest BCUT2D eigenvalue weighted by molar-refractivity contribution is 6.75. The predicted octanol–water partition coefficient (Wildman–Crippen LogP) is 1.40. The molecule has 7 heteroatoms. The SMILES string of the molecule is O=C(CF)OC(=O)C(Cl)(Cl)Cl. The van der Waals surface area contributed by atoms with Gasteiger partial charge in [-0.1, -0.05) is 34.8 Å². The Morgan fingerprint density at radius 2 is 1.82 bits per heavy atom. The van der Waals surface area contributed by atoms with E-state index in [9.17, 15) is 14.0 Å². The summed E-state index contributed by atoms with van der Waals surface area (Å²) in [6, 6.07) is 0. The third-order valence-electron chi connectivity index (χ3n) is 0.547. The molecule has 0 aromatic carbocycles. The second-order valence-corrected chi connectivity index (χ2v) is 3.67. The Morgan fingerprint density at radius 1 is 1.36 bits per heavy atom. The molecule has 0 bridgehead atoms. The van der Waals surface area contributed by atoms with Gasteiger partial charge in [-0.25, -0.2) is 14.0 Å². The van der Waals surface area contributed by atoms with Crippen LogP contribution in [-0.4, -0.2) is 22.4 Å². The molecule has 0 aliphatic heterocycles. The zero-order valence-corrected chi connectivity index (χ0v) is 7.21. The zero-order valence-electron chi connectivity index (χ0n) is 4.94. The standard InChI is InChI=1S/C4H2Cl3FO3/c5-4(6,7)3(10)11-2(9)1-8/h1H2. The van der Waals surface area contributed by atoms with E-state index >= 15 is 0 Å². The van der Waals surface area contributed by atoms with E-state index in [1.54, 1.807) is 0 Å². The van der Waals surface area contributed by atoms with E-state index in [0.717, 1.165) is 0 Å². The van der Waals surface area contributed by atoms with Crippen molar-refractivity contribution in [2.75, 3.05) is 6.67 Å². The van der Waals surface area contributed by atoms with E-state index in [0.29, 0.717) is 0 Å². The Balaban J connectivity index is 3.99. The molecule has 0 atom stereocenters. The van der Waals surface area contributed by atoms with Gasteiger partial charge in [-0.15, -0.1) is 0 Å². The second kappa shape index (κ2) is 4.09. The summed E-state index contributed by atoms with van der Waals surface area (Å²) in [6.45, 7) is -1.44. The van der Waals surface area contributed by atoms with Crippen molar-refractivity contribution in [3.05, 3.63) is 0 Å². The zero-order chi connectivity index (χ0) is 9.07. The molecule has 0 fully saturated rings. The maximum atomic E-state index is 11.4. The van der Waals surface area contributed by atoms with Crippen molar-refractivity contribution in [3.8, 4) is 0 Å². The smallest absolute Gasteiger partial charge is 0.366 e. The summed E-state index contributed by atoms with van der Waals surface area (Å²) in [5.41, 5.74) is 0. The van der Waals surface area contributed by atoms with Crippen LogP contribution in [0.5, 0.6) is 0 Å². The lowest BCUT2D eigenvalue weighted by Crippen LogP contribution is -2.25. The number of alkyl halides is 4. The van der Waals surface area contributed by atoms with E-state index in [1.165, 1.54) is 0 Å². The largest absolute Gasteiger partial charge is 0.388 e. The number of ether oxygens (including phenoxy) is 1. The lowest BCUT2D eigenvalue weighted by Gasteiger charge is -2.06. The molecule has 0 aromatic heterocycles. The van der Waals surface area contributed by atoms with Crippen LogP contribution in [0, 0.1) is 0 Å². The summed E-state index contributed by atoms with van der Waals surface area (Å²) in [5.74, 6) is -2.80. The van der Waals surface area contributed by atoms with Gasteiger partial charge in [0.2, 0.25) is 0 Å². The number of esters is 2. The van der Waals surface area contributed by atoms with Crippen molar-refractivity contribution in [3.63, 3.8) is 0 Å². The first-order chi connectivity index (χ1) is 4.88. The van der Waals surface area contributed by atoms with Gasteiger partial charge in [-0.05, 0) is 0 Å². The maximum Gasteiger partial charge on any atom is 0.366 e.